The van der Waals surface area contributed by atoms with Crippen molar-refractivity contribution >= 4 is 23.4 Å². The number of hydrogen-bond donors (Lipinski definition) is 2. The number of halogens is 1. The van der Waals surface area contributed by atoms with Crippen LogP contribution in [0.3, 0.4) is 0 Å². The van der Waals surface area contributed by atoms with Gasteiger partial charge in [0.05, 0.1) is 5.56 Å². The number of nitrogens with zero attached hydrogens (tertiary/aromatic N) is 1. The van der Waals surface area contributed by atoms with Gasteiger partial charge in [-0.1, -0.05) is 11.6 Å². The van der Waals surface area contributed by atoms with Gasteiger partial charge in [0.1, 0.15) is 11.0 Å². The van der Waals surface area contributed by atoms with E-state index in [1.807, 2.05) is 0 Å². The Hall–Kier alpha value is -1.33. The lowest BCUT2D eigenvalue weighted by Crippen LogP contribution is -2.10. The molecule has 2 N–H and O–H groups in total. The maximum atomic E-state index is 10.9. The molecule has 1 aliphatic heterocycles. The summed E-state index contributed by atoms with van der Waals surface area (Å²) in [4.78, 5) is 14.9. The number of hydrogen-bond acceptors (Lipinski definition) is 4. The van der Waals surface area contributed by atoms with Crippen molar-refractivity contribution in [2.75, 3.05) is 25.1 Å². The summed E-state index contributed by atoms with van der Waals surface area (Å²) < 4.78 is 5.29. The van der Waals surface area contributed by atoms with Gasteiger partial charge in [0.25, 0.3) is 0 Å². The number of ether oxygens (including phenoxy) is 1. The van der Waals surface area contributed by atoms with Crippen LogP contribution < -0.4 is 5.32 Å². The SMILES string of the molecule is O=C(O)c1cc(Cl)nc(NCCC2CCOC2)c1. The van der Waals surface area contributed by atoms with Crippen molar-refractivity contribution in [3.05, 3.63) is 22.8 Å². The molecule has 0 radical (unpaired) electrons. The van der Waals surface area contributed by atoms with Crippen LogP contribution in [0.4, 0.5) is 5.82 Å². The summed E-state index contributed by atoms with van der Waals surface area (Å²) >= 11 is 5.77. The third-order valence-corrected chi connectivity index (χ3v) is 3.12. The molecule has 0 spiro atoms. The largest absolute Gasteiger partial charge is 0.478 e. The van der Waals surface area contributed by atoms with E-state index in [-0.39, 0.29) is 10.7 Å². The predicted octanol–water partition coefficient (Wildman–Crippen LogP) is 2.27. The fraction of sp³-hybridized carbons (Fsp3) is 0.500. The van der Waals surface area contributed by atoms with Crippen molar-refractivity contribution in [3.8, 4) is 0 Å². The van der Waals surface area contributed by atoms with Gasteiger partial charge in [0.2, 0.25) is 0 Å². The monoisotopic (exact) mass is 270 g/mol. The molecule has 0 aromatic carbocycles. The van der Waals surface area contributed by atoms with E-state index >= 15 is 0 Å². The normalized spacial score (nSPS) is 18.8. The third kappa shape index (κ3) is 3.58. The van der Waals surface area contributed by atoms with E-state index in [1.165, 1.54) is 12.1 Å². The first-order valence-electron chi connectivity index (χ1n) is 5.87. The molecular formula is C12H15ClN2O3. The number of rotatable bonds is 5. The molecule has 2 rings (SSSR count). The molecule has 1 fully saturated rings. The Morgan fingerprint density at radius 3 is 3.11 bits per heavy atom. The van der Waals surface area contributed by atoms with E-state index < -0.39 is 5.97 Å². The molecule has 5 nitrogen and oxygen atoms in total. The number of carboxylic acids is 1. The van der Waals surface area contributed by atoms with E-state index in [9.17, 15) is 4.79 Å². The van der Waals surface area contributed by atoms with Gasteiger partial charge in [-0.05, 0) is 30.9 Å². The molecule has 2 heterocycles. The highest BCUT2D eigenvalue weighted by Crippen LogP contribution is 2.18. The summed E-state index contributed by atoms with van der Waals surface area (Å²) in [7, 11) is 0. The van der Waals surface area contributed by atoms with Gasteiger partial charge < -0.3 is 15.2 Å². The molecule has 1 unspecified atom stereocenters. The van der Waals surface area contributed by atoms with Crippen LogP contribution in [-0.4, -0.2) is 35.8 Å². The van der Waals surface area contributed by atoms with Crippen molar-refractivity contribution in [2.45, 2.75) is 12.8 Å². The van der Waals surface area contributed by atoms with Gasteiger partial charge in [-0.15, -0.1) is 0 Å². The number of carboxylic acid groups (broad SMARTS) is 1. The quantitative estimate of drug-likeness (QED) is 0.803. The van der Waals surface area contributed by atoms with E-state index in [0.29, 0.717) is 11.7 Å². The van der Waals surface area contributed by atoms with Gasteiger partial charge in [0.15, 0.2) is 0 Å². The highest BCUT2D eigenvalue weighted by atomic mass is 35.5. The van der Waals surface area contributed by atoms with Crippen molar-refractivity contribution in [2.24, 2.45) is 5.92 Å². The Kier molecular flexibility index (Phi) is 4.38. The van der Waals surface area contributed by atoms with Crippen LogP contribution in [0.25, 0.3) is 0 Å². The molecule has 0 bridgehead atoms. The van der Waals surface area contributed by atoms with Crippen LogP contribution >= 0.6 is 11.6 Å². The standard InChI is InChI=1S/C12H15ClN2O3/c13-10-5-9(12(16)17)6-11(15-10)14-3-1-8-2-4-18-7-8/h5-6,8H,1-4,7H2,(H,14,15)(H,16,17). The lowest BCUT2D eigenvalue weighted by atomic mass is 10.1. The highest BCUT2D eigenvalue weighted by molar-refractivity contribution is 6.29. The van der Waals surface area contributed by atoms with Crippen molar-refractivity contribution in [1.82, 2.24) is 4.98 Å². The smallest absolute Gasteiger partial charge is 0.335 e. The van der Waals surface area contributed by atoms with Crippen molar-refractivity contribution < 1.29 is 14.6 Å². The van der Waals surface area contributed by atoms with Gasteiger partial charge in [-0.25, -0.2) is 9.78 Å². The Balaban J connectivity index is 1.89. The van der Waals surface area contributed by atoms with Gasteiger partial charge in [-0.3, -0.25) is 0 Å². The second-order valence-electron chi connectivity index (χ2n) is 4.31. The summed E-state index contributed by atoms with van der Waals surface area (Å²) in [6, 6.07) is 2.82. The molecule has 18 heavy (non-hydrogen) atoms. The van der Waals surface area contributed by atoms with Gasteiger partial charge in [-0.2, -0.15) is 0 Å². The zero-order chi connectivity index (χ0) is 13.0. The molecular weight excluding hydrogens is 256 g/mol. The van der Waals surface area contributed by atoms with Crippen LogP contribution in [0.5, 0.6) is 0 Å². The molecule has 98 valence electrons. The van der Waals surface area contributed by atoms with Gasteiger partial charge in [0, 0.05) is 19.8 Å². The minimum Gasteiger partial charge on any atom is -0.478 e. The molecule has 1 atom stereocenters. The maximum Gasteiger partial charge on any atom is 0.335 e. The van der Waals surface area contributed by atoms with Crippen molar-refractivity contribution in [3.63, 3.8) is 0 Å². The molecule has 1 saturated heterocycles. The average molecular weight is 271 g/mol. The van der Waals surface area contributed by atoms with Crippen LogP contribution in [0, 0.1) is 5.92 Å². The van der Waals surface area contributed by atoms with Crippen LogP contribution in [0.1, 0.15) is 23.2 Å². The lowest BCUT2D eigenvalue weighted by molar-refractivity contribution is 0.0697. The minimum absolute atomic E-state index is 0.140. The highest BCUT2D eigenvalue weighted by Gasteiger charge is 2.15. The lowest BCUT2D eigenvalue weighted by Gasteiger charge is -2.10. The Morgan fingerprint density at radius 1 is 1.61 bits per heavy atom. The molecule has 0 saturated carbocycles. The van der Waals surface area contributed by atoms with Crippen LogP contribution in [0.2, 0.25) is 5.15 Å². The fourth-order valence-electron chi connectivity index (χ4n) is 1.93. The summed E-state index contributed by atoms with van der Waals surface area (Å²) in [6.07, 6.45) is 2.07. The predicted molar refractivity (Wildman–Crippen MR) is 68.2 cm³/mol. The maximum absolute atomic E-state index is 10.9. The molecule has 0 amide bonds. The van der Waals surface area contributed by atoms with E-state index in [0.717, 1.165) is 32.6 Å². The summed E-state index contributed by atoms with van der Waals surface area (Å²) in [6.45, 7) is 2.38. The fourth-order valence-corrected chi connectivity index (χ4v) is 2.13. The Morgan fingerprint density at radius 2 is 2.44 bits per heavy atom. The third-order valence-electron chi connectivity index (χ3n) is 2.92. The summed E-state index contributed by atoms with van der Waals surface area (Å²) in [5, 5.41) is 12.2. The summed E-state index contributed by atoms with van der Waals surface area (Å²) in [5.74, 6) is 0.0704. The minimum atomic E-state index is -1.01. The molecule has 0 aliphatic carbocycles. The summed E-state index contributed by atoms with van der Waals surface area (Å²) in [5.41, 5.74) is 0.140. The topological polar surface area (TPSA) is 71.5 Å². The second-order valence-corrected chi connectivity index (χ2v) is 4.70. The number of carbonyl (C=O) groups is 1. The first-order chi connectivity index (χ1) is 8.65. The molecule has 1 aromatic rings. The van der Waals surface area contributed by atoms with E-state index in [1.54, 1.807) is 0 Å². The zero-order valence-corrected chi connectivity index (χ0v) is 10.6. The number of aromatic nitrogens is 1. The first kappa shape index (κ1) is 13.1. The Bertz CT molecular complexity index is 433. The average Bonchev–Trinajstić information content (AvgIpc) is 2.81. The number of anilines is 1. The number of pyridine rings is 1. The van der Waals surface area contributed by atoms with Crippen molar-refractivity contribution in [1.29, 1.82) is 0 Å². The Labute approximate surface area is 110 Å². The number of nitrogens with one attached hydrogen (secondary N) is 1. The molecule has 6 heteroatoms. The second kappa shape index (κ2) is 6.02. The van der Waals surface area contributed by atoms with E-state index in [4.69, 9.17) is 21.4 Å². The first-order valence-corrected chi connectivity index (χ1v) is 6.25. The molecule has 1 aromatic heterocycles. The molecule has 1 aliphatic rings. The van der Waals surface area contributed by atoms with Crippen LogP contribution in [0.15, 0.2) is 12.1 Å². The van der Waals surface area contributed by atoms with E-state index in [2.05, 4.69) is 10.3 Å². The number of aromatic carboxylic acids is 1. The zero-order valence-electron chi connectivity index (χ0n) is 9.86. The van der Waals surface area contributed by atoms with Gasteiger partial charge >= 0.3 is 5.97 Å². The van der Waals surface area contributed by atoms with Crippen LogP contribution in [-0.2, 0) is 4.74 Å².